The number of aromatic nitrogens is 1. The van der Waals surface area contributed by atoms with Gasteiger partial charge in [0.15, 0.2) is 0 Å². The van der Waals surface area contributed by atoms with Gasteiger partial charge in [0.2, 0.25) is 11.8 Å². The van der Waals surface area contributed by atoms with Gasteiger partial charge in [-0.15, -0.1) is 0 Å². The normalized spacial score (nSPS) is 16.5. The van der Waals surface area contributed by atoms with Gasteiger partial charge in [-0.2, -0.15) is 0 Å². The van der Waals surface area contributed by atoms with Gasteiger partial charge in [-0.3, -0.25) is 14.6 Å². The van der Waals surface area contributed by atoms with E-state index < -0.39 is 17.9 Å². The fourth-order valence-electron chi connectivity index (χ4n) is 7.49. The maximum absolute atomic E-state index is 13.3. The minimum atomic E-state index is -0.572. The average Bonchev–Trinajstić information content (AvgIpc) is 3.28. The summed E-state index contributed by atoms with van der Waals surface area (Å²) >= 11 is 12.6. The maximum atomic E-state index is 13.3. The molecule has 4 aromatic rings. The first-order valence-electron chi connectivity index (χ1n) is 19.9. The predicted molar refractivity (Wildman–Crippen MR) is 234 cm³/mol. The van der Waals surface area contributed by atoms with Crippen LogP contribution >= 0.6 is 23.2 Å². The lowest BCUT2D eigenvalue weighted by molar-refractivity contribution is -0.143. The lowest BCUT2D eigenvalue weighted by Crippen LogP contribution is -2.40. The summed E-state index contributed by atoms with van der Waals surface area (Å²) < 4.78 is 32.3. The molecule has 6 rings (SSSR count). The Morgan fingerprint density at radius 2 is 1.13 bits per heavy atom. The van der Waals surface area contributed by atoms with E-state index in [1.807, 2.05) is 54.6 Å². The largest absolute Gasteiger partial charge is 0.496 e. The Morgan fingerprint density at radius 1 is 0.661 bits per heavy atom. The van der Waals surface area contributed by atoms with Gasteiger partial charge in [0.25, 0.3) is 0 Å². The molecule has 2 aliphatic heterocycles. The zero-order chi connectivity index (χ0) is 44.8. The van der Waals surface area contributed by atoms with Crippen molar-refractivity contribution in [1.29, 1.82) is 0 Å². The molecule has 2 atom stereocenters. The Kier molecular flexibility index (Phi) is 17.5. The van der Waals surface area contributed by atoms with Crippen LogP contribution in [0.5, 0.6) is 11.5 Å². The highest BCUT2D eigenvalue weighted by Crippen LogP contribution is 2.41. The van der Waals surface area contributed by atoms with Gasteiger partial charge < -0.3 is 38.2 Å². The van der Waals surface area contributed by atoms with Crippen molar-refractivity contribution >= 4 is 47.0 Å². The summed E-state index contributed by atoms with van der Waals surface area (Å²) in [6.45, 7) is 5.06. The molecule has 13 nitrogen and oxygen atoms in total. The third-order valence-electron chi connectivity index (χ3n) is 10.7. The van der Waals surface area contributed by atoms with E-state index in [2.05, 4.69) is 4.98 Å². The molecular weight excluding hydrogens is 837 g/mol. The quantitative estimate of drug-likeness (QED) is 0.101. The molecule has 1 aromatic heterocycles. The van der Waals surface area contributed by atoms with Gasteiger partial charge in [0.05, 0.1) is 38.6 Å². The van der Waals surface area contributed by atoms with E-state index in [1.54, 1.807) is 88.7 Å². The molecule has 62 heavy (non-hydrogen) atoms. The summed E-state index contributed by atoms with van der Waals surface area (Å²) in [4.78, 5) is 59.4. The highest BCUT2D eigenvalue weighted by Gasteiger charge is 2.39. The van der Waals surface area contributed by atoms with E-state index in [4.69, 9.17) is 51.6 Å². The van der Waals surface area contributed by atoms with Crippen molar-refractivity contribution < 1.29 is 47.6 Å². The topological polar surface area (TPSA) is 143 Å². The van der Waals surface area contributed by atoms with Crippen LogP contribution in [0.2, 0.25) is 10.0 Å². The van der Waals surface area contributed by atoms with Gasteiger partial charge in [-0.1, -0.05) is 59.6 Å². The highest BCUT2D eigenvalue weighted by atomic mass is 35.5. The highest BCUT2D eigenvalue weighted by molar-refractivity contribution is 6.33. The fourth-order valence-corrected chi connectivity index (χ4v) is 7.92. The van der Waals surface area contributed by atoms with E-state index in [9.17, 15) is 19.2 Å². The summed E-state index contributed by atoms with van der Waals surface area (Å²) in [6, 6.07) is 23.4. The first kappa shape index (κ1) is 47.3. The summed E-state index contributed by atoms with van der Waals surface area (Å²) in [5.41, 5.74) is 4.94. The van der Waals surface area contributed by atoms with Crippen molar-refractivity contribution in [2.24, 2.45) is 0 Å². The van der Waals surface area contributed by atoms with Crippen molar-refractivity contribution in [1.82, 2.24) is 14.8 Å². The van der Waals surface area contributed by atoms with Crippen LogP contribution in [0, 0.1) is 0 Å². The molecule has 3 aromatic carbocycles. The molecule has 0 radical (unpaired) electrons. The van der Waals surface area contributed by atoms with Crippen LogP contribution in [0.3, 0.4) is 0 Å². The second-order valence-electron chi connectivity index (χ2n) is 14.3. The summed E-state index contributed by atoms with van der Waals surface area (Å²) in [5, 5.41) is 0.901. The molecule has 0 saturated carbocycles. The molecule has 0 fully saturated rings. The molecule has 0 spiro atoms. The molecule has 0 N–H and O–H groups in total. The van der Waals surface area contributed by atoms with Crippen molar-refractivity contribution in [3.8, 4) is 11.5 Å². The molecular formula is C47H51Cl2N3O10. The lowest BCUT2D eigenvalue weighted by Gasteiger charge is -2.34. The van der Waals surface area contributed by atoms with Crippen molar-refractivity contribution in [3.05, 3.63) is 146 Å². The van der Waals surface area contributed by atoms with E-state index in [1.165, 1.54) is 0 Å². The number of allylic oxidation sites excluding steroid dienone is 2. The molecule has 0 bridgehead atoms. The summed E-state index contributed by atoms with van der Waals surface area (Å²) in [7, 11) is 6.28. The number of carbonyl (C=O) groups is 4. The molecule has 328 valence electrons. The first-order chi connectivity index (χ1) is 29.9. The molecule has 15 heteroatoms. The van der Waals surface area contributed by atoms with Crippen LogP contribution in [-0.2, 0) is 51.3 Å². The third kappa shape index (κ3) is 11.6. The van der Waals surface area contributed by atoms with Crippen molar-refractivity contribution in [3.63, 3.8) is 0 Å². The number of nitrogens with zero attached hydrogens (tertiary/aromatic N) is 3. The van der Waals surface area contributed by atoms with Crippen LogP contribution in [0.1, 0.15) is 60.8 Å². The van der Waals surface area contributed by atoms with E-state index in [-0.39, 0.29) is 43.8 Å². The zero-order valence-electron chi connectivity index (χ0n) is 35.7. The number of methoxy groups -OCH3 is 4. The number of rotatable bonds is 16. The smallest absolute Gasteiger partial charge is 0.336 e. The van der Waals surface area contributed by atoms with Gasteiger partial charge in [-0.05, 0) is 67.4 Å². The minimum absolute atomic E-state index is 0.0294. The molecule has 2 amide bonds. The second kappa shape index (κ2) is 22.9. The minimum Gasteiger partial charge on any atom is -0.496 e. The third-order valence-corrected chi connectivity index (χ3v) is 11.2. The number of esters is 2. The lowest BCUT2D eigenvalue weighted by atomic mass is 9.83. The number of hydrogen-bond donors (Lipinski definition) is 0. The Morgan fingerprint density at radius 3 is 1.61 bits per heavy atom. The molecule has 0 saturated heterocycles. The molecule has 0 aliphatic carbocycles. The van der Waals surface area contributed by atoms with Gasteiger partial charge in [0, 0.05) is 96.9 Å². The van der Waals surface area contributed by atoms with Crippen LogP contribution < -0.4 is 9.47 Å². The van der Waals surface area contributed by atoms with Crippen molar-refractivity contribution in [2.45, 2.75) is 51.7 Å². The Balaban J connectivity index is 0.000000235. The summed E-state index contributed by atoms with van der Waals surface area (Å²) in [5.74, 6) is -0.820. The monoisotopic (exact) mass is 887 g/mol. The fraction of sp³-hybridized carbons (Fsp3) is 0.340. The standard InChI is InChI=1S/C24H25Cl2NO5.C23H26N2O5/c1-15-23(24(29)32-14-16-6-4-5-7-21(16)31-3)19(13-22(28)27(15)10-11-30-2)18-12-17(25)8-9-20(18)26;1-16-22(23(27)30-15-18-6-4-5-7-20(18)29-3)19(17-8-10-24-11-9-17)14-21(26)25(16)12-13-28-2/h4-9,12,19H,10-11,13-14H2,1-3H3;4-11,19H,12-15H2,1-3H3. The number of para-hydroxylation sites is 2. The van der Waals surface area contributed by atoms with E-state index in [0.717, 1.165) is 16.7 Å². The Labute approximate surface area is 372 Å². The average molecular weight is 889 g/mol. The number of amides is 2. The van der Waals surface area contributed by atoms with E-state index in [0.29, 0.717) is 76.0 Å². The van der Waals surface area contributed by atoms with Crippen molar-refractivity contribution in [2.75, 3.05) is 54.7 Å². The number of pyridine rings is 1. The number of benzene rings is 3. The Hall–Kier alpha value is -5.73. The van der Waals surface area contributed by atoms with Gasteiger partial charge in [0.1, 0.15) is 24.7 Å². The first-order valence-corrected chi connectivity index (χ1v) is 20.6. The van der Waals surface area contributed by atoms with Gasteiger partial charge >= 0.3 is 11.9 Å². The number of hydrogen-bond acceptors (Lipinski definition) is 11. The van der Waals surface area contributed by atoms with Crippen LogP contribution in [0.4, 0.5) is 0 Å². The van der Waals surface area contributed by atoms with Crippen LogP contribution in [-0.4, -0.2) is 93.3 Å². The number of halogens is 2. The SMILES string of the molecule is COCCN1C(=O)CC(c2cc(Cl)ccc2Cl)C(C(=O)OCc2ccccc2OC)=C1C.COCCN1C(=O)CC(c2ccncc2)C(C(=O)OCc2ccccc2OC)=C1C. The van der Waals surface area contributed by atoms with Crippen LogP contribution in [0.25, 0.3) is 0 Å². The molecule has 3 heterocycles. The Bertz CT molecular complexity index is 2280. The zero-order valence-corrected chi connectivity index (χ0v) is 37.2. The maximum Gasteiger partial charge on any atom is 0.336 e. The number of ether oxygens (including phenoxy) is 6. The van der Waals surface area contributed by atoms with E-state index >= 15 is 0 Å². The molecule has 2 unspecified atom stereocenters. The summed E-state index contributed by atoms with van der Waals surface area (Å²) in [6.07, 6.45) is 3.57. The van der Waals surface area contributed by atoms with Crippen LogP contribution in [0.15, 0.2) is 114 Å². The molecule has 2 aliphatic rings. The predicted octanol–water partition coefficient (Wildman–Crippen LogP) is 8.05. The second-order valence-corrected chi connectivity index (χ2v) is 15.2. The number of carbonyl (C=O) groups excluding carboxylic acids is 4. The van der Waals surface area contributed by atoms with Gasteiger partial charge in [-0.25, -0.2) is 9.59 Å².